The van der Waals surface area contributed by atoms with Gasteiger partial charge in [0.15, 0.2) is 5.76 Å². The van der Waals surface area contributed by atoms with Gasteiger partial charge in [0.25, 0.3) is 5.91 Å². The van der Waals surface area contributed by atoms with Gasteiger partial charge in [-0.1, -0.05) is 18.2 Å². The number of hydrogen-bond acceptors (Lipinski definition) is 4. The Morgan fingerprint density at radius 2 is 2.00 bits per heavy atom. The van der Waals surface area contributed by atoms with Gasteiger partial charge in [0.1, 0.15) is 17.1 Å². The molecule has 4 rings (SSSR count). The molecule has 5 nitrogen and oxygen atoms in total. The van der Waals surface area contributed by atoms with Crippen LogP contribution in [0, 0.1) is 6.92 Å². The van der Waals surface area contributed by atoms with Crippen LogP contribution < -0.4 is 9.47 Å². The van der Waals surface area contributed by atoms with Crippen LogP contribution >= 0.6 is 0 Å². The molecule has 1 saturated carbocycles. The molecule has 1 aromatic heterocycles. The Kier molecular flexibility index (Phi) is 4.99. The minimum absolute atomic E-state index is 0.0681. The zero-order valence-electron chi connectivity index (χ0n) is 16.5. The zero-order valence-corrected chi connectivity index (χ0v) is 16.5. The van der Waals surface area contributed by atoms with E-state index in [1.165, 1.54) is 0 Å². The first-order valence-electron chi connectivity index (χ1n) is 9.71. The fraction of sp³-hybridized carbons (Fsp3) is 0.348. The molecule has 3 aromatic rings. The molecule has 5 heteroatoms. The Morgan fingerprint density at radius 1 is 1.21 bits per heavy atom. The molecule has 146 valence electrons. The summed E-state index contributed by atoms with van der Waals surface area (Å²) in [6, 6.07) is 13.8. The van der Waals surface area contributed by atoms with E-state index in [1.807, 2.05) is 61.2 Å². The topological polar surface area (TPSA) is 51.9 Å². The molecule has 0 bridgehead atoms. The van der Waals surface area contributed by atoms with Gasteiger partial charge >= 0.3 is 0 Å². The molecule has 1 heterocycles. The van der Waals surface area contributed by atoms with Crippen LogP contribution in [0.3, 0.4) is 0 Å². The van der Waals surface area contributed by atoms with Gasteiger partial charge in [-0.2, -0.15) is 0 Å². The van der Waals surface area contributed by atoms with Gasteiger partial charge < -0.3 is 18.8 Å². The van der Waals surface area contributed by atoms with Crippen molar-refractivity contribution in [1.29, 1.82) is 0 Å². The second-order valence-electron chi connectivity index (χ2n) is 7.12. The Balaban J connectivity index is 1.67. The van der Waals surface area contributed by atoms with E-state index in [-0.39, 0.29) is 11.9 Å². The Morgan fingerprint density at radius 3 is 2.71 bits per heavy atom. The number of carbonyl (C=O) groups is 1. The first-order valence-corrected chi connectivity index (χ1v) is 9.71. The Labute approximate surface area is 164 Å². The minimum Gasteiger partial charge on any atom is -0.497 e. The molecular formula is C23H25NO4. The summed E-state index contributed by atoms with van der Waals surface area (Å²) in [6.07, 6.45) is 2.05. The summed E-state index contributed by atoms with van der Waals surface area (Å²) in [7, 11) is 1.62. The third-order valence-electron chi connectivity index (χ3n) is 5.20. The fourth-order valence-electron chi connectivity index (χ4n) is 3.53. The number of amides is 1. The molecule has 1 fully saturated rings. The van der Waals surface area contributed by atoms with E-state index < -0.39 is 0 Å². The minimum atomic E-state index is -0.0681. The van der Waals surface area contributed by atoms with Crippen LogP contribution in [-0.2, 0) is 6.54 Å². The summed E-state index contributed by atoms with van der Waals surface area (Å²) in [5, 5.41) is 0.939. The highest BCUT2D eigenvalue weighted by Crippen LogP contribution is 2.35. The van der Waals surface area contributed by atoms with Crippen LogP contribution in [0.2, 0.25) is 0 Å². The first-order chi connectivity index (χ1) is 13.6. The van der Waals surface area contributed by atoms with E-state index in [9.17, 15) is 4.79 Å². The molecular weight excluding hydrogens is 354 g/mol. The van der Waals surface area contributed by atoms with E-state index in [4.69, 9.17) is 13.9 Å². The van der Waals surface area contributed by atoms with Gasteiger partial charge in [0.05, 0.1) is 20.3 Å². The lowest BCUT2D eigenvalue weighted by atomic mass is 10.1. The van der Waals surface area contributed by atoms with Gasteiger partial charge in [0, 0.05) is 28.6 Å². The van der Waals surface area contributed by atoms with Crippen LogP contribution in [0.5, 0.6) is 11.5 Å². The highest BCUT2D eigenvalue weighted by atomic mass is 16.5. The van der Waals surface area contributed by atoms with Crippen LogP contribution in [0.1, 0.15) is 41.4 Å². The third-order valence-corrected chi connectivity index (χ3v) is 5.20. The number of furan rings is 1. The van der Waals surface area contributed by atoms with Gasteiger partial charge in [-0.3, -0.25) is 4.79 Å². The normalized spacial score (nSPS) is 13.5. The molecule has 1 aliphatic carbocycles. The predicted octanol–water partition coefficient (Wildman–Crippen LogP) is 4.95. The van der Waals surface area contributed by atoms with Gasteiger partial charge in [-0.05, 0) is 44.9 Å². The van der Waals surface area contributed by atoms with E-state index >= 15 is 0 Å². The van der Waals surface area contributed by atoms with Gasteiger partial charge in [-0.15, -0.1) is 0 Å². The molecule has 2 aromatic carbocycles. The van der Waals surface area contributed by atoms with Gasteiger partial charge in [-0.25, -0.2) is 0 Å². The van der Waals surface area contributed by atoms with Crippen LogP contribution in [0.15, 0.2) is 46.9 Å². The van der Waals surface area contributed by atoms with E-state index in [1.54, 1.807) is 7.11 Å². The van der Waals surface area contributed by atoms with Crippen molar-refractivity contribution in [2.75, 3.05) is 13.7 Å². The highest BCUT2D eigenvalue weighted by molar-refractivity contribution is 5.99. The first kappa shape index (κ1) is 18.4. The maximum absolute atomic E-state index is 13.4. The number of nitrogens with zero attached hydrogens (tertiary/aromatic N) is 1. The fourth-order valence-corrected chi connectivity index (χ4v) is 3.53. The Hall–Kier alpha value is -2.95. The number of para-hydroxylation sites is 1. The second-order valence-corrected chi connectivity index (χ2v) is 7.12. The average molecular weight is 379 g/mol. The zero-order chi connectivity index (χ0) is 19.7. The van der Waals surface area contributed by atoms with E-state index in [0.717, 1.165) is 35.1 Å². The molecule has 0 unspecified atom stereocenters. The summed E-state index contributed by atoms with van der Waals surface area (Å²) in [4.78, 5) is 15.3. The molecule has 1 amide bonds. The molecule has 0 N–H and O–H groups in total. The van der Waals surface area contributed by atoms with Crippen LogP contribution in [-0.4, -0.2) is 30.6 Å². The lowest BCUT2D eigenvalue weighted by Crippen LogP contribution is -2.33. The quantitative estimate of drug-likeness (QED) is 0.583. The van der Waals surface area contributed by atoms with Crippen LogP contribution in [0.4, 0.5) is 0 Å². The van der Waals surface area contributed by atoms with Gasteiger partial charge in [0.2, 0.25) is 0 Å². The molecule has 0 saturated heterocycles. The van der Waals surface area contributed by atoms with E-state index in [2.05, 4.69) is 0 Å². The predicted molar refractivity (Wildman–Crippen MR) is 108 cm³/mol. The van der Waals surface area contributed by atoms with Crippen molar-refractivity contribution in [3.8, 4) is 11.5 Å². The summed E-state index contributed by atoms with van der Waals surface area (Å²) in [5.74, 6) is 1.88. The number of rotatable bonds is 7. The van der Waals surface area contributed by atoms with Crippen LogP contribution in [0.25, 0.3) is 11.0 Å². The largest absolute Gasteiger partial charge is 0.497 e. The SMILES string of the molecule is CCOc1ccccc1CN(C(=O)c1oc2cc(OC)ccc2c1C)C1CC1. The van der Waals surface area contributed by atoms with E-state index in [0.29, 0.717) is 30.2 Å². The number of fused-ring (bicyclic) bond motifs is 1. The van der Waals surface area contributed by atoms with Crippen molar-refractivity contribution in [3.63, 3.8) is 0 Å². The molecule has 0 atom stereocenters. The van der Waals surface area contributed by atoms with Crippen molar-refractivity contribution in [3.05, 3.63) is 59.4 Å². The summed E-state index contributed by atoms with van der Waals surface area (Å²) < 4.78 is 17.0. The summed E-state index contributed by atoms with van der Waals surface area (Å²) in [5.41, 5.74) is 2.55. The summed E-state index contributed by atoms with van der Waals surface area (Å²) >= 11 is 0. The number of hydrogen-bond donors (Lipinski definition) is 0. The number of methoxy groups -OCH3 is 1. The number of benzene rings is 2. The highest BCUT2D eigenvalue weighted by Gasteiger charge is 2.35. The molecule has 1 aliphatic rings. The smallest absolute Gasteiger partial charge is 0.290 e. The Bertz CT molecular complexity index is 1000. The maximum atomic E-state index is 13.4. The molecule has 0 radical (unpaired) electrons. The standard InChI is InChI=1S/C23H25NO4/c1-4-27-20-8-6-5-7-16(20)14-24(17-9-10-17)23(25)22-15(2)19-12-11-18(26-3)13-21(19)28-22/h5-8,11-13,17H,4,9-10,14H2,1-3H3. The monoisotopic (exact) mass is 379 g/mol. The van der Waals surface area contributed by atoms with Crippen molar-refractivity contribution >= 4 is 16.9 Å². The molecule has 0 aliphatic heterocycles. The number of carbonyl (C=O) groups excluding carboxylic acids is 1. The second kappa shape index (κ2) is 7.58. The van der Waals surface area contributed by atoms with Crippen molar-refractivity contribution in [1.82, 2.24) is 4.90 Å². The van der Waals surface area contributed by atoms with Crippen molar-refractivity contribution in [2.45, 2.75) is 39.3 Å². The molecule has 28 heavy (non-hydrogen) atoms. The number of aryl methyl sites for hydroxylation is 1. The number of ether oxygens (including phenoxy) is 2. The lowest BCUT2D eigenvalue weighted by Gasteiger charge is -2.23. The maximum Gasteiger partial charge on any atom is 0.290 e. The summed E-state index contributed by atoms with van der Waals surface area (Å²) in [6.45, 7) is 5.01. The average Bonchev–Trinajstić information content (AvgIpc) is 3.50. The lowest BCUT2D eigenvalue weighted by molar-refractivity contribution is 0.0697. The van der Waals surface area contributed by atoms with Crippen molar-refractivity contribution < 1.29 is 18.7 Å². The third kappa shape index (κ3) is 3.44. The van der Waals surface area contributed by atoms with Crippen molar-refractivity contribution in [2.24, 2.45) is 0 Å². The molecule has 0 spiro atoms.